The van der Waals surface area contributed by atoms with Gasteiger partial charge in [0, 0.05) is 23.5 Å². The summed E-state index contributed by atoms with van der Waals surface area (Å²) in [4.78, 5) is 28.9. The molecular weight excluding hydrogens is 340 g/mol. The largest absolute Gasteiger partial charge is 0.349 e. The molecule has 1 unspecified atom stereocenters. The molecule has 1 atom stereocenters. The number of urea groups is 1. The minimum absolute atomic E-state index is 0.0511. The van der Waals surface area contributed by atoms with Crippen molar-refractivity contribution in [3.05, 3.63) is 59.4 Å². The first-order valence-corrected chi connectivity index (χ1v) is 9.43. The number of nitrogens with zero attached hydrogens (tertiary/aromatic N) is 1. The van der Waals surface area contributed by atoms with Crippen molar-refractivity contribution in [3.8, 4) is 0 Å². The van der Waals surface area contributed by atoms with Crippen molar-refractivity contribution >= 4 is 17.6 Å². The van der Waals surface area contributed by atoms with Crippen molar-refractivity contribution in [3.63, 3.8) is 0 Å². The predicted molar refractivity (Wildman–Crippen MR) is 106 cm³/mol. The Bertz CT molecular complexity index is 801. The van der Waals surface area contributed by atoms with Crippen LogP contribution in [0.1, 0.15) is 60.3 Å². The van der Waals surface area contributed by atoms with E-state index in [4.69, 9.17) is 0 Å². The zero-order valence-corrected chi connectivity index (χ0v) is 15.8. The molecule has 142 valence electrons. The van der Waals surface area contributed by atoms with Crippen molar-refractivity contribution < 1.29 is 9.59 Å². The van der Waals surface area contributed by atoms with Gasteiger partial charge in [-0.05, 0) is 62.6 Å². The van der Waals surface area contributed by atoms with E-state index in [-0.39, 0.29) is 24.0 Å². The quantitative estimate of drug-likeness (QED) is 0.749. The highest BCUT2D eigenvalue weighted by atomic mass is 16.2. The normalized spacial score (nSPS) is 15.2. The lowest BCUT2D eigenvalue weighted by molar-refractivity contribution is 0.0938. The molecule has 27 heavy (non-hydrogen) atoms. The van der Waals surface area contributed by atoms with Crippen LogP contribution in [0.25, 0.3) is 0 Å². The van der Waals surface area contributed by atoms with E-state index in [1.807, 2.05) is 38.1 Å². The number of carbonyl (C=O) groups excluding carboxylic acids is 2. The molecule has 0 spiro atoms. The molecule has 3 rings (SSSR count). The molecule has 1 aromatic carbocycles. The van der Waals surface area contributed by atoms with E-state index in [9.17, 15) is 9.59 Å². The van der Waals surface area contributed by atoms with E-state index in [1.54, 1.807) is 18.3 Å². The number of aryl methyl sites for hydroxylation is 1. The molecule has 0 aliphatic heterocycles. The molecule has 1 fully saturated rings. The number of nitrogens with one attached hydrogen (secondary N) is 3. The Kier molecular flexibility index (Phi) is 6.06. The predicted octanol–water partition coefficient (Wildman–Crippen LogP) is 3.95. The van der Waals surface area contributed by atoms with Gasteiger partial charge < -0.3 is 16.0 Å². The summed E-state index contributed by atoms with van der Waals surface area (Å²) in [6.07, 6.45) is 6.17. The SMILES string of the molecule is Cc1cc(C(=O)NC2CCCC2)ccc1NC(=O)NC(C)c1ccccn1. The fourth-order valence-corrected chi connectivity index (χ4v) is 3.35. The van der Waals surface area contributed by atoms with Gasteiger partial charge in [0.15, 0.2) is 0 Å². The summed E-state index contributed by atoms with van der Waals surface area (Å²) >= 11 is 0. The first kappa shape index (κ1) is 18.9. The summed E-state index contributed by atoms with van der Waals surface area (Å²) in [5.41, 5.74) is 2.93. The molecule has 1 aromatic heterocycles. The number of anilines is 1. The summed E-state index contributed by atoms with van der Waals surface area (Å²) in [5, 5.41) is 8.79. The smallest absolute Gasteiger partial charge is 0.319 e. The second-order valence-corrected chi connectivity index (χ2v) is 7.06. The van der Waals surface area contributed by atoms with Gasteiger partial charge in [0.05, 0.1) is 11.7 Å². The fraction of sp³-hybridized carbons (Fsp3) is 0.381. The van der Waals surface area contributed by atoms with Crippen molar-refractivity contribution in [2.24, 2.45) is 0 Å². The van der Waals surface area contributed by atoms with Crippen LogP contribution in [-0.4, -0.2) is 23.0 Å². The maximum atomic E-state index is 12.4. The van der Waals surface area contributed by atoms with Crippen LogP contribution < -0.4 is 16.0 Å². The van der Waals surface area contributed by atoms with E-state index < -0.39 is 0 Å². The first-order valence-electron chi connectivity index (χ1n) is 9.43. The van der Waals surface area contributed by atoms with E-state index in [0.29, 0.717) is 11.3 Å². The Morgan fingerprint density at radius 1 is 1.15 bits per heavy atom. The first-order chi connectivity index (χ1) is 13.0. The summed E-state index contributed by atoms with van der Waals surface area (Å²) in [7, 11) is 0. The number of hydrogen-bond acceptors (Lipinski definition) is 3. The molecule has 6 heteroatoms. The molecule has 0 bridgehead atoms. The number of hydrogen-bond donors (Lipinski definition) is 3. The minimum atomic E-state index is -0.306. The van der Waals surface area contributed by atoms with E-state index in [0.717, 1.165) is 24.1 Å². The van der Waals surface area contributed by atoms with Crippen molar-refractivity contribution in [2.75, 3.05) is 5.32 Å². The van der Waals surface area contributed by atoms with E-state index in [1.165, 1.54) is 12.8 Å². The molecule has 1 aliphatic carbocycles. The van der Waals surface area contributed by atoms with Crippen molar-refractivity contribution in [1.82, 2.24) is 15.6 Å². The van der Waals surface area contributed by atoms with Crippen LogP contribution in [0.15, 0.2) is 42.6 Å². The molecule has 6 nitrogen and oxygen atoms in total. The molecule has 3 N–H and O–H groups in total. The topological polar surface area (TPSA) is 83.1 Å². The van der Waals surface area contributed by atoms with Crippen LogP contribution in [0.4, 0.5) is 10.5 Å². The number of pyridine rings is 1. The Labute approximate surface area is 159 Å². The summed E-state index contributed by atoms with van der Waals surface area (Å²) < 4.78 is 0. The molecule has 0 radical (unpaired) electrons. The average Bonchev–Trinajstić information content (AvgIpc) is 3.17. The maximum Gasteiger partial charge on any atom is 0.319 e. The maximum absolute atomic E-state index is 12.4. The van der Waals surface area contributed by atoms with Gasteiger partial charge >= 0.3 is 6.03 Å². The third kappa shape index (κ3) is 5.06. The number of rotatable bonds is 5. The van der Waals surface area contributed by atoms with Crippen LogP contribution in [-0.2, 0) is 0 Å². The third-order valence-electron chi connectivity index (χ3n) is 4.91. The number of amides is 3. The van der Waals surface area contributed by atoms with Crippen LogP contribution in [0.2, 0.25) is 0 Å². The Morgan fingerprint density at radius 2 is 1.93 bits per heavy atom. The van der Waals surface area contributed by atoms with Crippen molar-refractivity contribution in [1.29, 1.82) is 0 Å². The Hall–Kier alpha value is -2.89. The van der Waals surface area contributed by atoms with E-state index in [2.05, 4.69) is 20.9 Å². The van der Waals surface area contributed by atoms with Crippen molar-refractivity contribution in [2.45, 2.75) is 51.6 Å². The highest BCUT2D eigenvalue weighted by Gasteiger charge is 2.18. The van der Waals surface area contributed by atoms with E-state index >= 15 is 0 Å². The van der Waals surface area contributed by atoms with Crippen LogP contribution >= 0.6 is 0 Å². The standard InChI is InChI=1S/C21H26N4O2/c1-14-13-16(20(26)24-17-7-3-4-8-17)10-11-18(14)25-21(27)23-15(2)19-9-5-6-12-22-19/h5-6,9-13,15,17H,3-4,7-8H2,1-2H3,(H,24,26)(H2,23,25,27). The lowest BCUT2D eigenvalue weighted by atomic mass is 10.1. The van der Waals surface area contributed by atoms with Gasteiger partial charge in [-0.15, -0.1) is 0 Å². The van der Waals surface area contributed by atoms with Crippen LogP contribution in [0, 0.1) is 6.92 Å². The van der Waals surface area contributed by atoms with Gasteiger partial charge in [-0.2, -0.15) is 0 Å². The van der Waals surface area contributed by atoms with Gasteiger partial charge in [0.1, 0.15) is 0 Å². The summed E-state index contributed by atoms with van der Waals surface area (Å²) in [6.45, 7) is 3.76. The highest BCUT2D eigenvalue weighted by Crippen LogP contribution is 2.20. The number of benzene rings is 1. The van der Waals surface area contributed by atoms with Crippen LogP contribution in [0.5, 0.6) is 0 Å². The molecule has 0 saturated heterocycles. The highest BCUT2D eigenvalue weighted by molar-refractivity contribution is 5.96. The van der Waals surface area contributed by atoms with Gasteiger partial charge in [0.25, 0.3) is 5.91 Å². The average molecular weight is 366 g/mol. The number of aromatic nitrogens is 1. The summed E-state index contributed by atoms with van der Waals surface area (Å²) in [5.74, 6) is -0.0511. The second-order valence-electron chi connectivity index (χ2n) is 7.06. The fourth-order valence-electron chi connectivity index (χ4n) is 3.35. The lowest BCUT2D eigenvalue weighted by Gasteiger charge is -2.16. The van der Waals surface area contributed by atoms with Gasteiger partial charge in [0.2, 0.25) is 0 Å². The third-order valence-corrected chi connectivity index (χ3v) is 4.91. The molecule has 1 aliphatic rings. The van der Waals surface area contributed by atoms with Crippen LogP contribution in [0.3, 0.4) is 0 Å². The monoisotopic (exact) mass is 366 g/mol. The molecule has 1 saturated carbocycles. The Morgan fingerprint density at radius 3 is 2.59 bits per heavy atom. The summed E-state index contributed by atoms with van der Waals surface area (Å²) in [6, 6.07) is 10.7. The molecule has 2 aromatic rings. The Balaban J connectivity index is 1.58. The van der Waals surface area contributed by atoms with Gasteiger partial charge in [-0.25, -0.2) is 4.79 Å². The zero-order valence-electron chi connectivity index (χ0n) is 15.8. The van der Waals surface area contributed by atoms with Gasteiger partial charge in [-0.1, -0.05) is 18.9 Å². The lowest BCUT2D eigenvalue weighted by Crippen LogP contribution is -2.33. The molecular formula is C21H26N4O2. The molecule has 3 amide bonds. The zero-order chi connectivity index (χ0) is 19.2. The second kappa shape index (κ2) is 8.66. The van der Waals surface area contributed by atoms with Gasteiger partial charge in [-0.3, -0.25) is 9.78 Å². The minimum Gasteiger partial charge on any atom is -0.349 e. The molecule has 1 heterocycles. The number of carbonyl (C=O) groups is 2.